The predicted octanol–water partition coefficient (Wildman–Crippen LogP) is 1.76. The lowest BCUT2D eigenvalue weighted by Gasteiger charge is -2.06. The number of aryl methyl sites for hydroxylation is 2. The van der Waals surface area contributed by atoms with Crippen molar-refractivity contribution in [1.82, 2.24) is 15.4 Å². The Morgan fingerprint density at radius 3 is 2.53 bits per heavy atom. The van der Waals surface area contributed by atoms with E-state index in [0.29, 0.717) is 11.3 Å². The molecular weight excluding hydrogens is 314 g/mol. The summed E-state index contributed by atoms with van der Waals surface area (Å²) < 4.78 is 7.44. The maximum atomic E-state index is 11.8. The van der Waals surface area contributed by atoms with Crippen LogP contribution in [0.15, 0.2) is 33.5 Å². The van der Waals surface area contributed by atoms with Crippen molar-refractivity contribution in [2.75, 3.05) is 0 Å². The molecular formula is C12H12BrN3O3. The third-order valence-electron chi connectivity index (χ3n) is 2.56. The second-order valence-corrected chi connectivity index (χ2v) is 4.91. The molecule has 0 spiro atoms. The summed E-state index contributed by atoms with van der Waals surface area (Å²) in [5.74, 6) is -0.733. The summed E-state index contributed by atoms with van der Waals surface area (Å²) in [5, 5.41) is 0. The van der Waals surface area contributed by atoms with E-state index in [1.807, 2.05) is 0 Å². The third kappa shape index (κ3) is 2.87. The van der Waals surface area contributed by atoms with Gasteiger partial charge in [-0.3, -0.25) is 20.4 Å². The van der Waals surface area contributed by atoms with E-state index in [1.54, 1.807) is 36.9 Å². The van der Waals surface area contributed by atoms with Crippen LogP contribution in [0.4, 0.5) is 0 Å². The maximum absolute atomic E-state index is 11.8. The molecule has 0 aromatic carbocycles. The smallest absolute Gasteiger partial charge is 0.305 e. The second-order valence-electron chi connectivity index (χ2n) is 4.00. The topological polar surface area (TPSA) is 76.3 Å². The van der Waals surface area contributed by atoms with E-state index >= 15 is 0 Å². The highest BCUT2D eigenvalue weighted by atomic mass is 79.9. The Hall–Kier alpha value is -2.02. The minimum absolute atomic E-state index is 0.174. The number of carbonyl (C=O) groups is 2. The molecule has 100 valence electrons. The Morgan fingerprint density at radius 2 is 2.00 bits per heavy atom. The molecule has 0 fully saturated rings. The van der Waals surface area contributed by atoms with Gasteiger partial charge >= 0.3 is 5.91 Å². The van der Waals surface area contributed by atoms with Gasteiger partial charge in [-0.15, -0.1) is 0 Å². The van der Waals surface area contributed by atoms with E-state index in [2.05, 4.69) is 26.8 Å². The first-order chi connectivity index (χ1) is 8.99. The molecule has 2 amide bonds. The number of nitrogens with zero attached hydrogens (tertiary/aromatic N) is 1. The molecule has 2 aromatic rings. The molecule has 19 heavy (non-hydrogen) atoms. The number of hydrogen-bond acceptors (Lipinski definition) is 3. The van der Waals surface area contributed by atoms with Gasteiger partial charge in [-0.05, 0) is 35.0 Å². The van der Waals surface area contributed by atoms with Gasteiger partial charge in [-0.1, -0.05) is 0 Å². The van der Waals surface area contributed by atoms with Crippen molar-refractivity contribution in [1.29, 1.82) is 0 Å². The first-order valence-electron chi connectivity index (χ1n) is 5.45. The standard InChI is InChI=1S/C12H12BrN3O3/c1-7-3-4-19-10(7)12(18)15-14-11(17)9-5-8(13)6-16(9)2/h3-6H,1-2H3,(H,14,17)(H,15,18). The molecule has 0 unspecified atom stereocenters. The zero-order valence-corrected chi connectivity index (χ0v) is 11.9. The first kappa shape index (κ1) is 13.4. The highest BCUT2D eigenvalue weighted by molar-refractivity contribution is 9.10. The fourth-order valence-electron chi connectivity index (χ4n) is 1.59. The molecule has 2 N–H and O–H groups in total. The number of nitrogens with one attached hydrogen (secondary N) is 2. The quantitative estimate of drug-likeness (QED) is 0.826. The average molecular weight is 326 g/mol. The first-order valence-corrected chi connectivity index (χ1v) is 6.25. The van der Waals surface area contributed by atoms with Gasteiger partial charge < -0.3 is 8.98 Å². The number of amides is 2. The van der Waals surface area contributed by atoms with Gasteiger partial charge in [-0.25, -0.2) is 0 Å². The van der Waals surface area contributed by atoms with E-state index in [9.17, 15) is 9.59 Å². The molecule has 6 nitrogen and oxygen atoms in total. The molecule has 0 aliphatic rings. The van der Waals surface area contributed by atoms with Gasteiger partial charge in [0.1, 0.15) is 5.69 Å². The average Bonchev–Trinajstić information content (AvgIpc) is 2.91. The van der Waals surface area contributed by atoms with Crippen molar-refractivity contribution in [3.63, 3.8) is 0 Å². The number of hydrogen-bond donors (Lipinski definition) is 2. The fraction of sp³-hybridized carbons (Fsp3) is 0.167. The van der Waals surface area contributed by atoms with E-state index in [4.69, 9.17) is 4.42 Å². The number of furan rings is 1. The SMILES string of the molecule is Cc1ccoc1C(=O)NNC(=O)c1cc(Br)cn1C. The molecule has 0 aliphatic carbocycles. The third-order valence-corrected chi connectivity index (χ3v) is 3.00. The lowest BCUT2D eigenvalue weighted by atomic mass is 10.3. The zero-order chi connectivity index (χ0) is 14.0. The van der Waals surface area contributed by atoms with E-state index in [1.165, 1.54) is 6.26 Å². The van der Waals surface area contributed by atoms with Crippen LogP contribution in [-0.2, 0) is 7.05 Å². The molecule has 0 bridgehead atoms. The Balaban J connectivity index is 2.00. The summed E-state index contributed by atoms with van der Waals surface area (Å²) in [4.78, 5) is 23.6. The number of carbonyl (C=O) groups excluding carboxylic acids is 2. The predicted molar refractivity (Wildman–Crippen MR) is 71.5 cm³/mol. The largest absolute Gasteiger partial charge is 0.459 e. The summed E-state index contributed by atoms with van der Waals surface area (Å²) in [5.41, 5.74) is 5.75. The number of aromatic nitrogens is 1. The highest BCUT2D eigenvalue weighted by Crippen LogP contribution is 2.13. The lowest BCUT2D eigenvalue weighted by molar-refractivity contribution is 0.0826. The van der Waals surface area contributed by atoms with Crippen molar-refractivity contribution in [3.05, 3.63) is 46.1 Å². The Morgan fingerprint density at radius 1 is 1.32 bits per heavy atom. The van der Waals surface area contributed by atoms with Gasteiger partial charge in [0, 0.05) is 23.3 Å². The summed E-state index contributed by atoms with van der Waals surface area (Å²) in [7, 11) is 1.73. The Labute approximate surface area is 117 Å². The van der Waals surface area contributed by atoms with Crippen LogP contribution in [-0.4, -0.2) is 16.4 Å². The lowest BCUT2D eigenvalue weighted by Crippen LogP contribution is -2.42. The molecule has 2 aromatic heterocycles. The molecule has 0 saturated heterocycles. The molecule has 0 saturated carbocycles. The Kier molecular flexibility index (Phi) is 3.75. The normalized spacial score (nSPS) is 10.3. The van der Waals surface area contributed by atoms with Crippen LogP contribution < -0.4 is 10.9 Å². The van der Waals surface area contributed by atoms with Crippen LogP contribution in [0, 0.1) is 6.92 Å². The van der Waals surface area contributed by atoms with Crippen molar-refractivity contribution < 1.29 is 14.0 Å². The summed E-state index contributed by atoms with van der Waals surface area (Å²) in [6, 6.07) is 3.32. The van der Waals surface area contributed by atoms with Crippen LogP contribution in [0.25, 0.3) is 0 Å². The molecule has 2 rings (SSSR count). The van der Waals surface area contributed by atoms with Crippen LogP contribution in [0.1, 0.15) is 26.6 Å². The summed E-state index contributed by atoms with van der Waals surface area (Å²) in [6.45, 7) is 1.74. The summed E-state index contributed by atoms with van der Waals surface area (Å²) in [6.07, 6.45) is 3.16. The highest BCUT2D eigenvalue weighted by Gasteiger charge is 2.15. The fourth-order valence-corrected chi connectivity index (χ4v) is 2.11. The van der Waals surface area contributed by atoms with Crippen LogP contribution >= 0.6 is 15.9 Å². The van der Waals surface area contributed by atoms with Gasteiger partial charge in [0.2, 0.25) is 0 Å². The van der Waals surface area contributed by atoms with Gasteiger partial charge in [-0.2, -0.15) is 0 Å². The van der Waals surface area contributed by atoms with E-state index in [0.717, 1.165) is 4.47 Å². The van der Waals surface area contributed by atoms with E-state index < -0.39 is 11.8 Å². The van der Waals surface area contributed by atoms with Gasteiger partial charge in [0.25, 0.3) is 5.91 Å². The van der Waals surface area contributed by atoms with Crippen LogP contribution in [0.3, 0.4) is 0 Å². The number of rotatable bonds is 2. The van der Waals surface area contributed by atoms with Crippen molar-refractivity contribution >= 4 is 27.7 Å². The second kappa shape index (κ2) is 5.31. The van der Waals surface area contributed by atoms with Crippen molar-refractivity contribution in [3.8, 4) is 0 Å². The number of halogens is 1. The minimum atomic E-state index is -0.496. The van der Waals surface area contributed by atoms with Crippen LogP contribution in [0.2, 0.25) is 0 Å². The summed E-state index contributed by atoms with van der Waals surface area (Å²) >= 11 is 3.27. The zero-order valence-electron chi connectivity index (χ0n) is 10.4. The minimum Gasteiger partial charge on any atom is -0.459 e. The molecule has 2 heterocycles. The molecule has 0 radical (unpaired) electrons. The van der Waals surface area contributed by atoms with Crippen molar-refractivity contribution in [2.24, 2.45) is 7.05 Å². The molecule has 0 aliphatic heterocycles. The van der Waals surface area contributed by atoms with Gasteiger partial charge in [0.05, 0.1) is 6.26 Å². The van der Waals surface area contributed by atoms with E-state index in [-0.39, 0.29) is 5.76 Å². The Bertz CT molecular complexity index is 630. The van der Waals surface area contributed by atoms with Crippen molar-refractivity contribution in [2.45, 2.75) is 6.92 Å². The van der Waals surface area contributed by atoms with Gasteiger partial charge in [0.15, 0.2) is 5.76 Å². The maximum Gasteiger partial charge on any atom is 0.305 e. The molecule has 7 heteroatoms. The van der Waals surface area contributed by atoms with Crippen LogP contribution in [0.5, 0.6) is 0 Å². The monoisotopic (exact) mass is 325 g/mol. The number of hydrazine groups is 1. The molecule has 0 atom stereocenters.